The van der Waals surface area contributed by atoms with Gasteiger partial charge in [0.15, 0.2) is 0 Å². The maximum Gasteiger partial charge on any atom is 0.282 e. The Morgan fingerprint density at radius 2 is 2.06 bits per heavy atom. The highest BCUT2D eigenvalue weighted by Crippen LogP contribution is 2.23. The molecule has 0 aromatic carbocycles. The lowest BCUT2D eigenvalue weighted by atomic mass is 10.2. The van der Waals surface area contributed by atoms with Gasteiger partial charge in [0.2, 0.25) is 0 Å². The summed E-state index contributed by atoms with van der Waals surface area (Å²) in [6.07, 6.45) is 1.55. The first kappa shape index (κ1) is 13.8. The zero-order valence-electron chi connectivity index (χ0n) is 9.72. The minimum absolute atomic E-state index is 0.272. The Kier molecular flexibility index (Phi) is 4.66. The molecule has 5 nitrogen and oxygen atoms in total. The van der Waals surface area contributed by atoms with E-state index in [1.54, 1.807) is 0 Å². The van der Waals surface area contributed by atoms with Crippen molar-refractivity contribution >= 4 is 27.4 Å². The molecule has 16 heavy (non-hydrogen) atoms. The van der Waals surface area contributed by atoms with Gasteiger partial charge in [0, 0.05) is 19.6 Å². The van der Waals surface area contributed by atoms with Gasteiger partial charge in [0.05, 0.1) is 11.0 Å². The number of rotatable bonds is 5. The van der Waals surface area contributed by atoms with Crippen LogP contribution in [0.25, 0.3) is 0 Å². The summed E-state index contributed by atoms with van der Waals surface area (Å²) >= 11 is 4.91. The molecule has 0 bridgehead atoms. The van der Waals surface area contributed by atoms with Crippen molar-refractivity contribution in [2.75, 3.05) is 19.6 Å². The first-order valence-electron chi connectivity index (χ1n) is 5.51. The molecule has 1 aliphatic heterocycles. The highest BCUT2D eigenvalue weighted by Gasteiger charge is 2.38. The molecule has 0 amide bonds. The van der Waals surface area contributed by atoms with E-state index in [-0.39, 0.29) is 11.0 Å². The monoisotopic (exact) mass is 265 g/mol. The molecule has 1 atom stereocenters. The Hall–Kier alpha value is -0.240. The average molecular weight is 265 g/mol. The fourth-order valence-electron chi connectivity index (χ4n) is 2.00. The highest BCUT2D eigenvalue weighted by molar-refractivity contribution is 7.87. The summed E-state index contributed by atoms with van der Waals surface area (Å²) in [5, 5.41) is 0. The summed E-state index contributed by atoms with van der Waals surface area (Å²) < 4.78 is 27.4. The van der Waals surface area contributed by atoms with Crippen molar-refractivity contribution in [3.05, 3.63) is 0 Å². The van der Waals surface area contributed by atoms with Crippen molar-refractivity contribution in [3.63, 3.8) is 0 Å². The standard InChI is InChI=1S/C9H19N3O2S2/c1-3-11(4-2)16(13,14)12-7-5-6-8(12)9(10)15/h8H,3-7H2,1-2H3,(H2,10,15). The van der Waals surface area contributed by atoms with Crippen LogP contribution in [0, 0.1) is 0 Å². The van der Waals surface area contributed by atoms with E-state index in [2.05, 4.69) is 0 Å². The second kappa shape index (κ2) is 5.39. The third-order valence-corrected chi connectivity index (χ3v) is 5.33. The second-order valence-corrected chi connectivity index (χ2v) is 6.12. The summed E-state index contributed by atoms with van der Waals surface area (Å²) in [5.74, 6) is 0. The Bertz CT molecular complexity index is 352. The average Bonchev–Trinajstić information content (AvgIpc) is 2.67. The van der Waals surface area contributed by atoms with Crippen molar-refractivity contribution in [3.8, 4) is 0 Å². The van der Waals surface area contributed by atoms with Crippen LogP contribution in [0.1, 0.15) is 26.7 Å². The largest absolute Gasteiger partial charge is 0.392 e. The van der Waals surface area contributed by atoms with E-state index in [0.717, 1.165) is 12.8 Å². The van der Waals surface area contributed by atoms with Gasteiger partial charge in [0.1, 0.15) is 0 Å². The van der Waals surface area contributed by atoms with Crippen LogP contribution in [0.15, 0.2) is 0 Å². The number of hydrogen-bond acceptors (Lipinski definition) is 3. The molecule has 0 aromatic rings. The molecule has 2 N–H and O–H groups in total. The van der Waals surface area contributed by atoms with Gasteiger partial charge in [-0.1, -0.05) is 26.1 Å². The lowest BCUT2D eigenvalue weighted by Crippen LogP contribution is -2.49. The molecule has 0 aliphatic carbocycles. The molecular formula is C9H19N3O2S2. The van der Waals surface area contributed by atoms with Crippen molar-refractivity contribution in [2.45, 2.75) is 32.7 Å². The molecule has 0 saturated carbocycles. The fraction of sp³-hybridized carbons (Fsp3) is 0.889. The lowest BCUT2D eigenvalue weighted by molar-refractivity contribution is 0.365. The molecule has 94 valence electrons. The van der Waals surface area contributed by atoms with Gasteiger partial charge in [0.25, 0.3) is 10.2 Å². The number of nitrogens with two attached hydrogens (primary N) is 1. The van der Waals surface area contributed by atoms with Crippen molar-refractivity contribution in [2.24, 2.45) is 5.73 Å². The van der Waals surface area contributed by atoms with Crippen LogP contribution in [0.4, 0.5) is 0 Å². The third-order valence-electron chi connectivity index (χ3n) is 2.86. The summed E-state index contributed by atoms with van der Waals surface area (Å²) in [6.45, 7) is 5.11. The summed E-state index contributed by atoms with van der Waals surface area (Å²) in [7, 11) is -3.40. The number of hydrogen-bond donors (Lipinski definition) is 1. The van der Waals surface area contributed by atoms with E-state index in [1.165, 1.54) is 8.61 Å². The highest BCUT2D eigenvalue weighted by atomic mass is 32.2. The predicted molar refractivity (Wildman–Crippen MR) is 68.4 cm³/mol. The van der Waals surface area contributed by atoms with Gasteiger partial charge in [-0.15, -0.1) is 0 Å². The van der Waals surface area contributed by atoms with Gasteiger partial charge in [-0.25, -0.2) is 0 Å². The van der Waals surface area contributed by atoms with Crippen LogP contribution in [-0.4, -0.2) is 47.7 Å². The van der Waals surface area contributed by atoms with E-state index in [1.807, 2.05) is 13.8 Å². The topological polar surface area (TPSA) is 66.6 Å². The molecule has 0 aromatic heterocycles. The Morgan fingerprint density at radius 1 is 1.50 bits per heavy atom. The first-order chi connectivity index (χ1) is 7.45. The first-order valence-corrected chi connectivity index (χ1v) is 7.31. The van der Waals surface area contributed by atoms with Crippen LogP contribution in [-0.2, 0) is 10.2 Å². The van der Waals surface area contributed by atoms with Gasteiger partial charge in [-0.2, -0.15) is 17.0 Å². The molecule has 1 unspecified atom stereocenters. The summed E-state index contributed by atoms with van der Waals surface area (Å²) in [4.78, 5) is 0.272. The maximum atomic E-state index is 12.2. The van der Waals surface area contributed by atoms with Gasteiger partial charge < -0.3 is 5.73 Å². The molecule has 0 spiro atoms. The smallest absolute Gasteiger partial charge is 0.282 e. The SMILES string of the molecule is CCN(CC)S(=O)(=O)N1CCCC1C(N)=S. The Labute approximate surface area is 103 Å². The van der Waals surface area contributed by atoms with Crippen LogP contribution in [0.2, 0.25) is 0 Å². The molecule has 1 aliphatic rings. The quantitative estimate of drug-likeness (QED) is 0.727. The van der Waals surface area contributed by atoms with Gasteiger partial charge >= 0.3 is 0 Å². The predicted octanol–water partition coefficient (Wildman–Crippen LogP) is 0.324. The van der Waals surface area contributed by atoms with Crippen LogP contribution >= 0.6 is 12.2 Å². The zero-order chi connectivity index (χ0) is 12.3. The Morgan fingerprint density at radius 3 is 2.50 bits per heavy atom. The second-order valence-electron chi connectivity index (χ2n) is 3.76. The fourth-order valence-corrected chi connectivity index (χ4v) is 4.16. The van der Waals surface area contributed by atoms with Crippen molar-refractivity contribution < 1.29 is 8.42 Å². The molecule has 1 rings (SSSR count). The number of thiocarbonyl (C=S) groups is 1. The minimum atomic E-state index is -3.40. The normalized spacial score (nSPS) is 22.8. The van der Waals surface area contributed by atoms with Gasteiger partial charge in [-0.05, 0) is 12.8 Å². The molecule has 1 heterocycles. The van der Waals surface area contributed by atoms with Crippen LogP contribution < -0.4 is 5.73 Å². The summed E-state index contributed by atoms with van der Waals surface area (Å²) in [6, 6.07) is -0.305. The van der Waals surface area contributed by atoms with E-state index in [9.17, 15) is 8.42 Å². The molecular weight excluding hydrogens is 246 g/mol. The molecule has 1 saturated heterocycles. The zero-order valence-corrected chi connectivity index (χ0v) is 11.4. The van der Waals surface area contributed by atoms with Crippen LogP contribution in [0.3, 0.4) is 0 Å². The summed E-state index contributed by atoms with van der Waals surface area (Å²) in [5.41, 5.74) is 5.57. The molecule has 7 heteroatoms. The Balaban J connectivity index is 2.94. The van der Waals surface area contributed by atoms with Gasteiger partial charge in [-0.3, -0.25) is 0 Å². The molecule has 1 fully saturated rings. The molecule has 0 radical (unpaired) electrons. The maximum absolute atomic E-state index is 12.2. The third kappa shape index (κ3) is 2.53. The van der Waals surface area contributed by atoms with E-state index >= 15 is 0 Å². The van der Waals surface area contributed by atoms with Crippen LogP contribution in [0.5, 0.6) is 0 Å². The van der Waals surface area contributed by atoms with E-state index < -0.39 is 10.2 Å². The van der Waals surface area contributed by atoms with E-state index in [4.69, 9.17) is 18.0 Å². The van der Waals surface area contributed by atoms with Crippen molar-refractivity contribution in [1.29, 1.82) is 0 Å². The number of nitrogens with zero attached hydrogens (tertiary/aromatic N) is 2. The lowest BCUT2D eigenvalue weighted by Gasteiger charge is -2.29. The van der Waals surface area contributed by atoms with E-state index in [0.29, 0.717) is 19.6 Å². The minimum Gasteiger partial charge on any atom is -0.392 e. The van der Waals surface area contributed by atoms with Crippen molar-refractivity contribution in [1.82, 2.24) is 8.61 Å².